The molecule has 0 fully saturated rings. The summed E-state index contributed by atoms with van der Waals surface area (Å²) in [6, 6.07) is 24.7. The molecule has 4 nitrogen and oxygen atoms in total. The summed E-state index contributed by atoms with van der Waals surface area (Å²) in [5.74, 6) is -0.364. The number of hydrogen-bond acceptors (Lipinski definition) is 4. The molecule has 0 aliphatic rings. The van der Waals surface area contributed by atoms with Crippen molar-refractivity contribution in [2.75, 3.05) is 7.11 Å². The fourth-order valence-electron chi connectivity index (χ4n) is 3.76. The number of carbonyl (C=O) groups is 1. The molecular formula is C28H24ClNO3. The number of pyridine rings is 1. The Kier molecular flexibility index (Phi) is 7.18. The smallest absolute Gasteiger partial charge is 0.338 e. The second-order valence-corrected chi connectivity index (χ2v) is 8.22. The Labute approximate surface area is 198 Å². The normalized spacial score (nSPS) is 12.2. The van der Waals surface area contributed by atoms with E-state index in [-0.39, 0.29) is 5.97 Å². The third-order valence-corrected chi connectivity index (χ3v) is 5.76. The van der Waals surface area contributed by atoms with E-state index < -0.39 is 6.10 Å². The van der Waals surface area contributed by atoms with Crippen molar-refractivity contribution in [3.8, 4) is 0 Å². The fourth-order valence-corrected chi connectivity index (χ4v) is 3.92. The number of aliphatic hydroxyl groups excluding tert-OH is 1. The van der Waals surface area contributed by atoms with E-state index in [1.54, 1.807) is 12.1 Å². The van der Waals surface area contributed by atoms with Gasteiger partial charge in [0, 0.05) is 10.4 Å². The van der Waals surface area contributed by atoms with Crippen molar-refractivity contribution < 1.29 is 14.6 Å². The second-order valence-electron chi connectivity index (χ2n) is 7.78. The summed E-state index contributed by atoms with van der Waals surface area (Å²) in [5.41, 5.74) is 4.87. The molecular weight excluding hydrogens is 434 g/mol. The first kappa shape index (κ1) is 22.7. The summed E-state index contributed by atoms with van der Waals surface area (Å²) in [5, 5.41) is 12.5. The van der Waals surface area contributed by atoms with Crippen LogP contribution >= 0.6 is 11.6 Å². The number of aliphatic hydroxyl groups is 1. The van der Waals surface area contributed by atoms with Crippen LogP contribution < -0.4 is 0 Å². The molecule has 4 aromatic rings. The summed E-state index contributed by atoms with van der Waals surface area (Å²) in [4.78, 5) is 16.6. The molecule has 3 aromatic carbocycles. The Hall–Kier alpha value is -3.47. The number of rotatable bonds is 7. The molecule has 1 heterocycles. The highest BCUT2D eigenvalue weighted by Crippen LogP contribution is 2.23. The minimum atomic E-state index is -0.648. The van der Waals surface area contributed by atoms with Gasteiger partial charge in [0.2, 0.25) is 0 Å². The van der Waals surface area contributed by atoms with Crippen molar-refractivity contribution in [2.24, 2.45) is 0 Å². The lowest BCUT2D eigenvalue weighted by atomic mass is 9.97. The first-order chi connectivity index (χ1) is 16.0. The number of carbonyl (C=O) groups excluding carboxylic acids is 1. The van der Waals surface area contributed by atoms with Crippen LogP contribution in [0.1, 0.15) is 45.3 Å². The first-order valence-electron chi connectivity index (χ1n) is 10.7. The lowest BCUT2D eigenvalue weighted by molar-refractivity contribution is 0.0599. The number of nitrogens with zero attached hydrogens (tertiary/aromatic N) is 1. The summed E-state index contributed by atoms with van der Waals surface area (Å²) in [7, 11) is 1.37. The SMILES string of the molecule is COC(=O)c1ccccc1CCC(O)c1cccc(C=Cc2ccc3ccc(Cl)cc3n2)c1. The van der Waals surface area contributed by atoms with Crippen LogP contribution in [0.5, 0.6) is 0 Å². The Bertz CT molecular complexity index is 1320. The lowest BCUT2D eigenvalue weighted by Gasteiger charge is -2.13. The van der Waals surface area contributed by atoms with Gasteiger partial charge in [-0.2, -0.15) is 0 Å². The largest absolute Gasteiger partial charge is 0.465 e. The number of ether oxygens (including phenoxy) is 1. The maximum absolute atomic E-state index is 12.0. The summed E-state index contributed by atoms with van der Waals surface area (Å²) in [6.07, 6.45) is 4.33. The molecule has 166 valence electrons. The van der Waals surface area contributed by atoms with Gasteiger partial charge in [0.1, 0.15) is 0 Å². The van der Waals surface area contributed by atoms with E-state index >= 15 is 0 Å². The van der Waals surface area contributed by atoms with E-state index in [0.29, 0.717) is 23.4 Å². The maximum atomic E-state index is 12.0. The maximum Gasteiger partial charge on any atom is 0.338 e. The summed E-state index contributed by atoms with van der Waals surface area (Å²) < 4.78 is 4.86. The van der Waals surface area contributed by atoms with Crippen LogP contribution in [0.4, 0.5) is 0 Å². The molecule has 0 amide bonds. The van der Waals surface area contributed by atoms with Crippen LogP contribution in [0.25, 0.3) is 23.1 Å². The summed E-state index contributed by atoms with van der Waals surface area (Å²) >= 11 is 6.08. The molecule has 5 heteroatoms. The highest BCUT2D eigenvalue weighted by atomic mass is 35.5. The third-order valence-electron chi connectivity index (χ3n) is 5.53. The molecule has 0 aliphatic heterocycles. The van der Waals surface area contributed by atoms with Gasteiger partial charge in [-0.25, -0.2) is 9.78 Å². The number of halogens is 1. The highest BCUT2D eigenvalue weighted by Gasteiger charge is 2.14. The second kappa shape index (κ2) is 10.4. The zero-order valence-corrected chi connectivity index (χ0v) is 19.0. The minimum absolute atomic E-state index is 0.364. The van der Waals surface area contributed by atoms with Crippen LogP contribution in [0, 0.1) is 0 Å². The van der Waals surface area contributed by atoms with Gasteiger partial charge in [-0.15, -0.1) is 0 Å². The van der Waals surface area contributed by atoms with Gasteiger partial charge in [0.05, 0.1) is 30.0 Å². The number of methoxy groups -OCH3 is 1. The number of benzene rings is 3. The van der Waals surface area contributed by atoms with E-state index in [2.05, 4.69) is 4.98 Å². The molecule has 1 aromatic heterocycles. The predicted octanol–water partition coefficient (Wildman–Crippen LogP) is 6.51. The van der Waals surface area contributed by atoms with Crippen molar-refractivity contribution in [2.45, 2.75) is 18.9 Å². The molecule has 1 N–H and O–H groups in total. The molecule has 0 aliphatic carbocycles. The van der Waals surface area contributed by atoms with Crippen LogP contribution in [-0.2, 0) is 11.2 Å². The average molecular weight is 458 g/mol. The molecule has 0 radical (unpaired) electrons. The topological polar surface area (TPSA) is 59.4 Å². The monoisotopic (exact) mass is 457 g/mol. The standard InChI is InChI=1S/C28H24ClNO3/c1-33-28(32)25-8-3-2-6-20(25)12-16-27(31)22-7-4-5-19(17-22)9-14-24-15-11-21-10-13-23(29)18-26(21)30-24/h2-11,13-15,17-18,27,31H,12,16H2,1H3. The van der Waals surface area contributed by atoms with Crippen molar-refractivity contribution in [1.82, 2.24) is 4.98 Å². The summed E-state index contributed by atoms with van der Waals surface area (Å²) in [6.45, 7) is 0. The van der Waals surface area contributed by atoms with E-state index in [1.807, 2.05) is 78.9 Å². The lowest BCUT2D eigenvalue weighted by Crippen LogP contribution is -2.07. The first-order valence-corrected chi connectivity index (χ1v) is 11.1. The number of fused-ring (bicyclic) bond motifs is 1. The Morgan fingerprint density at radius 1 is 1.03 bits per heavy atom. The Balaban J connectivity index is 1.46. The van der Waals surface area contributed by atoms with E-state index in [4.69, 9.17) is 16.3 Å². The molecule has 0 saturated carbocycles. The van der Waals surface area contributed by atoms with Crippen LogP contribution in [0.3, 0.4) is 0 Å². The Morgan fingerprint density at radius 2 is 1.85 bits per heavy atom. The molecule has 4 rings (SSSR count). The van der Waals surface area contributed by atoms with Gasteiger partial charge in [0.25, 0.3) is 0 Å². The van der Waals surface area contributed by atoms with Gasteiger partial charge in [-0.05, 0) is 65.9 Å². The molecule has 1 unspecified atom stereocenters. The van der Waals surface area contributed by atoms with E-state index in [1.165, 1.54) is 7.11 Å². The molecule has 1 atom stereocenters. The van der Waals surface area contributed by atoms with Crippen molar-refractivity contribution in [3.63, 3.8) is 0 Å². The van der Waals surface area contributed by atoms with E-state index in [9.17, 15) is 9.90 Å². The van der Waals surface area contributed by atoms with Gasteiger partial charge in [-0.3, -0.25) is 0 Å². The predicted molar refractivity (Wildman–Crippen MR) is 133 cm³/mol. The average Bonchev–Trinajstić information content (AvgIpc) is 2.85. The van der Waals surface area contributed by atoms with Crippen molar-refractivity contribution >= 4 is 40.6 Å². The molecule has 0 saturated heterocycles. The fraction of sp³-hybridized carbons (Fsp3) is 0.143. The zero-order valence-electron chi connectivity index (χ0n) is 18.2. The quantitative estimate of drug-likeness (QED) is 0.321. The number of aryl methyl sites for hydroxylation is 1. The van der Waals surface area contributed by atoms with Crippen molar-refractivity contribution in [1.29, 1.82) is 0 Å². The van der Waals surface area contributed by atoms with Gasteiger partial charge in [-0.1, -0.05) is 66.2 Å². The van der Waals surface area contributed by atoms with Crippen LogP contribution in [-0.4, -0.2) is 23.2 Å². The van der Waals surface area contributed by atoms with Gasteiger partial charge in [0.15, 0.2) is 0 Å². The van der Waals surface area contributed by atoms with Crippen LogP contribution in [0.2, 0.25) is 5.02 Å². The van der Waals surface area contributed by atoms with Gasteiger partial charge < -0.3 is 9.84 Å². The number of hydrogen-bond donors (Lipinski definition) is 1. The molecule has 0 bridgehead atoms. The van der Waals surface area contributed by atoms with Crippen molar-refractivity contribution in [3.05, 3.63) is 112 Å². The zero-order chi connectivity index (χ0) is 23.2. The Morgan fingerprint density at radius 3 is 2.70 bits per heavy atom. The number of esters is 1. The van der Waals surface area contributed by atoms with Crippen LogP contribution in [0.15, 0.2) is 78.9 Å². The van der Waals surface area contributed by atoms with Gasteiger partial charge >= 0.3 is 5.97 Å². The molecule has 0 spiro atoms. The minimum Gasteiger partial charge on any atom is -0.465 e. The number of aromatic nitrogens is 1. The van der Waals surface area contributed by atoms with E-state index in [0.717, 1.165) is 33.3 Å². The third kappa shape index (κ3) is 5.67. The molecule has 33 heavy (non-hydrogen) atoms. The highest BCUT2D eigenvalue weighted by molar-refractivity contribution is 6.31.